The third-order valence-electron chi connectivity index (χ3n) is 12.1. The zero-order valence-electron chi connectivity index (χ0n) is 22.3. The lowest BCUT2D eigenvalue weighted by atomic mass is 9.43. The third-order valence-corrected chi connectivity index (χ3v) is 12.1. The minimum atomic E-state index is -1.04. The van der Waals surface area contributed by atoms with Crippen LogP contribution in [0.1, 0.15) is 91.4 Å². The van der Waals surface area contributed by atoms with E-state index in [0.717, 1.165) is 51.4 Å². The summed E-state index contributed by atoms with van der Waals surface area (Å²) in [6.45, 7) is 7.25. The van der Waals surface area contributed by atoms with E-state index in [0.29, 0.717) is 41.9 Å². The van der Waals surface area contributed by atoms with E-state index < -0.39 is 18.1 Å². The quantitative estimate of drug-likeness (QED) is 0.455. The van der Waals surface area contributed by atoms with Gasteiger partial charge in [0.25, 0.3) is 0 Å². The molecule has 1 aliphatic heterocycles. The molecule has 7 heteroatoms. The van der Waals surface area contributed by atoms with Gasteiger partial charge >= 0.3 is 5.97 Å². The van der Waals surface area contributed by atoms with Crippen molar-refractivity contribution in [1.82, 2.24) is 4.90 Å². The summed E-state index contributed by atoms with van der Waals surface area (Å²) in [6, 6.07) is -0.912. The van der Waals surface area contributed by atoms with Crippen molar-refractivity contribution in [1.29, 1.82) is 0 Å². The molecule has 0 radical (unpaired) electrons. The minimum Gasteiger partial charge on any atom is -0.480 e. The molecule has 204 valence electrons. The number of carbonyl (C=O) groups excluding carboxylic acids is 1. The monoisotopic (exact) mass is 505 g/mol. The molecule has 1 amide bonds. The molecule has 1 heterocycles. The molecular weight excluding hydrogens is 458 g/mol. The van der Waals surface area contributed by atoms with Crippen LogP contribution in [-0.2, 0) is 9.59 Å². The van der Waals surface area contributed by atoms with Crippen LogP contribution in [0.25, 0.3) is 0 Å². The van der Waals surface area contributed by atoms with Crippen LogP contribution in [0, 0.1) is 46.3 Å². The zero-order chi connectivity index (χ0) is 26.0. The summed E-state index contributed by atoms with van der Waals surface area (Å²) in [4.78, 5) is 25.8. The number of nitrogens with zero attached hydrogens (tertiary/aromatic N) is 1. The molecule has 0 aromatic carbocycles. The average molecular weight is 506 g/mol. The van der Waals surface area contributed by atoms with Crippen molar-refractivity contribution in [2.45, 2.75) is 116 Å². The first-order valence-electron chi connectivity index (χ1n) is 14.5. The van der Waals surface area contributed by atoms with Gasteiger partial charge in [-0.25, -0.2) is 4.79 Å². The number of aliphatic carboxylic acids is 1. The predicted molar refractivity (Wildman–Crippen MR) is 135 cm³/mol. The number of aliphatic hydroxyl groups is 3. The number of carboxylic acids is 1. The van der Waals surface area contributed by atoms with Crippen LogP contribution in [0.4, 0.5) is 0 Å². The van der Waals surface area contributed by atoms with Crippen LogP contribution < -0.4 is 0 Å². The van der Waals surface area contributed by atoms with Crippen LogP contribution in [-0.4, -0.2) is 68.1 Å². The van der Waals surface area contributed by atoms with Crippen molar-refractivity contribution >= 4 is 11.9 Å². The Morgan fingerprint density at radius 2 is 1.61 bits per heavy atom. The number of amides is 1. The van der Waals surface area contributed by atoms with Gasteiger partial charge in [-0.05, 0) is 104 Å². The maximum Gasteiger partial charge on any atom is 0.326 e. The molecular formula is C29H47NO6. The Morgan fingerprint density at radius 3 is 2.33 bits per heavy atom. The van der Waals surface area contributed by atoms with Gasteiger partial charge in [0.2, 0.25) is 5.91 Å². The summed E-state index contributed by atoms with van der Waals surface area (Å²) >= 11 is 0. The smallest absolute Gasteiger partial charge is 0.326 e. The Kier molecular flexibility index (Phi) is 7.00. The van der Waals surface area contributed by atoms with E-state index in [1.54, 1.807) is 0 Å². The number of carbonyl (C=O) groups is 2. The lowest BCUT2D eigenvalue weighted by Gasteiger charge is -2.62. The molecule has 4 N–H and O–H groups in total. The van der Waals surface area contributed by atoms with E-state index in [2.05, 4.69) is 20.8 Å². The van der Waals surface area contributed by atoms with E-state index in [1.807, 2.05) is 0 Å². The second-order valence-electron chi connectivity index (χ2n) is 13.8. The normalized spacial score (nSPS) is 49.2. The average Bonchev–Trinajstić information content (AvgIpc) is 3.38. The summed E-state index contributed by atoms with van der Waals surface area (Å²) in [5, 5.41) is 41.1. The Bertz CT molecular complexity index is 865. The lowest BCUT2D eigenvalue weighted by molar-refractivity contribution is -0.174. The highest BCUT2D eigenvalue weighted by Crippen LogP contribution is 2.68. The van der Waals surface area contributed by atoms with E-state index in [-0.39, 0.29) is 41.9 Å². The fourth-order valence-corrected chi connectivity index (χ4v) is 10.2. The molecule has 3 unspecified atom stereocenters. The Morgan fingerprint density at radius 1 is 0.917 bits per heavy atom. The highest BCUT2D eigenvalue weighted by Gasteiger charge is 2.62. The molecule has 5 fully saturated rings. The summed E-state index contributed by atoms with van der Waals surface area (Å²) in [5.74, 6) is 1.45. The summed E-state index contributed by atoms with van der Waals surface area (Å²) in [7, 11) is 0. The molecule has 4 aliphatic carbocycles. The second-order valence-corrected chi connectivity index (χ2v) is 13.8. The lowest BCUT2D eigenvalue weighted by Crippen LogP contribution is -2.58. The number of carboxylic acid groups (broad SMARTS) is 1. The number of β-amino-alcohol motifs (C(OH)–C–C–N with tert-alkyl or cyclic N) is 1. The first-order valence-corrected chi connectivity index (χ1v) is 14.5. The molecule has 7 nitrogen and oxygen atoms in total. The number of fused-ring (bicyclic) bond motifs is 5. The molecule has 12 atom stereocenters. The van der Waals surface area contributed by atoms with Gasteiger partial charge in [-0.3, -0.25) is 4.79 Å². The standard InChI is InChI=1S/C29H47NO6/c1-16(4-7-25(34)30-15-19(32)14-23(30)27(35)36)20-5-6-21-26-22(9-11-29(20,21)3)28(2)10-8-18(31)12-17(28)13-24(26)33/h16-24,26,31-33H,4-15H2,1-3H3,(H,35,36)/t16?,17?,18-,19+,20?,21+,22+,23-,24+,26+,28+,29-/m1/s1. The van der Waals surface area contributed by atoms with Crippen LogP contribution in [0.3, 0.4) is 0 Å². The fourth-order valence-electron chi connectivity index (χ4n) is 10.2. The zero-order valence-corrected chi connectivity index (χ0v) is 22.3. The van der Waals surface area contributed by atoms with Crippen molar-refractivity contribution in [3.63, 3.8) is 0 Å². The summed E-state index contributed by atoms with van der Waals surface area (Å²) in [5.41, 5.74) is 0.386. The van der Waals surface area contributed by atoms with Gasteiger partial charge in [0, 0.05) is 19.4 Å². The molecule has 4 saturated carbocycles. The molecule has 1 saturated heterocycles. The van der Waals surface area contributed by atoms with Crippen molar-refractivity contribution in [3.05, 3.63) is 0 Å². The van der Waals surface area contributed by atoms with E-state index in [4.69, 9.17) is 0 Å². The molecule has 0 bridgehead atoms. The first-order chi connectivity index (χ1) is 17.0. The number of rotatable bonds is 5. The molecule has 36 heavy (non-hydrogen) atoms. The Labute approximate surface area is 215 Å². The van der Waals surface area contributed by atoms with Gasteiger partial charge in [-0.2, -0.15) is 0 Å². The topological polar surface area (TPSA) is 118 Å². The van der Waals surface area contributed by atoms with Crippen LogP contribution in [0.5, 0.6) is 0 Å². The molecule has 5 aliphatic rings. The minimum absolute atomic E-state index is 0.114. The highest BCUT2D eigenvalue weighted by molar-refractivity contribution is 5.84. The Hall–Kier alpha value is -1.18. The van der Waals surface area contributed by atoms with E-state index >= 15 is 0 Å². The van der Waals surface area contributed by atoms with Gasteiger partial charge in [0.05, 0.1) is 18.3 Å². The third kappa shape index (κ3) is 4.21. The highest BCUT2D eigenvalue weighted by atomic mass is 16.4. The number of likely N-dealkylation sites (tertiary alicyclic amines) is 1. The predicted octanol–water partition coefficient (Wildman–Crippen LogP) is 3.44. The summed E-state index contributed by atoms with van der Waals surface area (Å²) < 4.78 is 0. The maximum atomic E-state index is 12.9. The largest absolute Gasteiger partial charge is 0.480 e. The maximum absolute atomic E-state index is 12.9. The first kappa shape index (κ1) is 26.4. The number of aliphatic hydroxyl groups excluding tert-OH is 3. The van der Waals surface area contributed by atoms with Crippen molar-refractivity contribution in [3.8, 4) is 0 Å². The van der Waals surface area contributed by atoms with Gasteiger partial charge in [-0.1, -0.05) is 20.8 Å². The molecule has 0 aromatic rings. The van der Waals surface area contributed by atoms with Gasteiger partial charge < -0.3 is 25.3 Å². The SMILES string of the molecule is CC(CCC(=O)N1C[C@@H](O)C[C@@H]1C(=O)O)C1CC[C@H]2[C@@H]3[C@@H](O)CC4C[C@H](O)CC[C@]4(C)[C@H]3CC[C@]12C. The van der Waals surface area contributed by atoms with Crippen molar-refractivity contribution in [2.75, 3.05) is 6.54 Å². The van der Waals surface area contributed by atoms with E-state index in [9.17, 15) is 30.0 Å². The van der Waals surface area contributed by atoms with Crippen LogP contribution in [0.2, 0.25) is 0 Å². The van der Waals surface area contributed by atoms with Crippen LogP contribution in [0.15, 0.2) is 0 Å². The Balaban J connectivity index is 1.25. The number of hydrogen-bond donors (Lipinski definition) is 4. The van der Waals surface area contributed by atoms with Crippen LogP contribution >= 0.6 is 0 Å². The van der Waals surface area contributed by atoms with E-state index in [1.165, 1.54) is 11.3 Å². The van der Waals surface area contributed by atoms with Crippen molar-refractivity contribution in [2.24, 2.45) is 46.3 Å². The number of hydrogen-bond acceptors (Lipinski definition) is 5. The second kappa shape index (κ2) is 9.53. The molecule has 0 spiro atoms. The van der Waals surface area contributed by atoms with Gasteiger partial charge in [-0.15, -0.1) is 0 Å². The van der Waals surface area contributed by atoms with Gasteiger partial charge in [0.15, 0.2) is 0 Å². The molecule has 0 aromatic heterocycles. The van der Waals surface area contributed by atoms with Gasteiger partial charge in [0.1, 0.15) is 6.04 Å². The summed E-state index contributed by atoms with van der Waals surface area (Å²) in [6.07, 6.45) is 8.12. The molecule has 5 rings (SSSR count). The fraction of sp³-hybridized carbons (Fsp3) is 0.931. The van der Waals surface area contributed by atoms with Crippen molar-refractivity contribution < 1.29 is 30.0 Å².